The number of nitrogens with one attached hydrogen (secondary N) is 1. The zero-order valence-electron chi connectivity index (χ0n) is 23.2. The number of ether oxygens (including phenoxy) is 1. The third-order valence-corrected chi connectivity index (χ3v) is 6.70. The van der Waals surface area contributed by atoms with E-state index in [9.17, 15) is 24.6 Å². The van der Waals surface area contributed by atoms with Crippen LogP contribution >= 0.6 is 0 Å². The van der Waals surface area contributed by atoms with Crippen LogP contribution in [0.3, 0.4) is 0 Å². The van der Waals surface area contributed by atoms with Crippen LogP contribution in [0.2, 0.25) is 0 Å². The van der Waals surface area contributed by atoms with E-state index in [-0.39, 0.29) is 18.9 Å². The van der Waals surface area contributed by atoms with Crippen molar-refractivity contribution in [1.29, 1.82) is 0 Å². The van der Waals surface area contributed by atoms with E-state index in [1.54, 1.807) is 6.07 Å². The number of benzene rings is 3. The minimum atomic E-state index is -1.23. The Bertz CT molecular complexity index is 1260. The molecule has 212 valence electrons. The van der Waals surface area contributed by atoms with Gasteiger partial charge in [-0.2, -0.15) is 0 Å². The van der Waals surface area contributed by atoms with Gasteiger partial charge in [-0.05, 0) is 53.1 Å². The first kappa shape index (κ1) is 30.2. The molecular weight excluding hydrogens is 508 g/mol. The molecule has 0 aliphatic rings. The molecule has 0 radical (unpaired) electrons. The summed E-state index contributed by atoms with van der Waals surface area (Å²) in [5.74, 6) is -2.33. The van der Waals surface area contributed by atoms with Gasteiger partial charge < -0.3 is 25.2 Å². The van der Waals surface area contributed by atoms with Crippen LogP contribution < -0.4 is 10.1 Å². The van der Waals surface area contributed by atoms with Crippen molar-refractivity contribution in [2.45, 2.75) is 39.2 Å². The molecule has 3 aromatic rings. The summed E-state index contributed by atoms with van der Waals surface area (Å²) >= 11 is 0. The number of carboxylic acids is 2. The molecule has 0 aromatic heterocycles. The zero-order chi connectivity index (χ0) is 29.1. The molecule has 3 N–H and O–H groups in total. The van der Waals surface area contributed by atoms with Crippen LogP contribution in [0.4, 0.5) is 4.79 Å². The van der Waals surface area contributed by atoms with Gasteiger partial charge in [0.15, 0.2) is 0 Å². The molecule has 0 bridgehead atoms. The van der Waals surface area contributed by atoms with Gasteiger partial charge in [0.2, 0.25) is 0 Å². The number of carbonyl (C=O) groups excluding carboxylic acids is 1. The summed E-state index contributed by atoms with van der Waals surface area (Å²) in [7, 11) is 1.54. The van der Waals surface area contributed by atoms with Crippen LogP contribution in [0.5, 0.6) is 5.75 Å². The summed E-state index contributed by atoms with van der Waals surface area (Å²) in [4.78, 5) is 39.3. The minimum Gasteiger partial charge on any atom is -0.497 e. The van der Waals surface area contributed by atoms with Crippen LogP contribution in [0, 0.1) is 11.8 Å². The van der Waals surface area contributed by atoms with Gasteiger partial charge >= 0.3 is 18.0 Å². The highest BCUT2D eigenvalue weighted by Gasteiger charge is 2.29. The van der Waals surface area contributed by atoms with Crippen molar-refractivity contribution < 1.29 is 29.3 Å². The van der Waals surface area contributed by atoms with Gasteiger partial charge in [-0.25, -0.2) is 9.59 Å². The molecule has 2 amide bonds. The fraction of sp³-hybridized carbons (Fsp3) is 0.344. The van der Waals surface area contributed by atoms with E-state index in [2.05, 4.69) is 5.32 Å². The SMILES string of the molecule is COc1ccc(-c2ccccc2)c(C[C@H](NC(=O)N(CC(C)C)C[C@H](CCc2ccccc2)C(=O)O)C(=O)O)c1. The molecule has 0 aliphatic heterocycles. The number of aryl methyl sites for hydroxylation is 1. The molecule has 0 unspecified atom stereocenters. The Kier molecular flexibility index (Phi) is 11.1. The van der Waals surface area contributed by atoms with E-state index in [4.69, 9.17) is 4.74 Å². The number of nitrogens with zero attached hydrogens (tertiary/aromatic N) is 1. The topological polar surface area (TPSA) is 116 Å². The maximum Gasteiger partial charge on any atom is 0.326 e. The van der Waals surface area contributed by atoms with E-state index < -0.39 is 29.9 Å². The maximum absolute atomic E-state index is 13.4. The first-order valence-corrected chi connectivity index (χ1v) is 13.4. The molecule has 3 aromatic carbocycles. The highest BCUT2D eigenvalue weighted by Crippen LogP contribution is 2.28. The van der Waals surface area contributed by atoms with Gasteiger partial charge in [0.25, 0.3) is 0 Å². The van der Waals surface area contributed by atoms with Gasteiger partial charge in [0.1, 0.15) is 11.8 Å². The second-order valence-corrected chi connectivity index (χ2v) is 10.3. The quantitative estimate of drug-likeness (QED) is 0.251. The number of aliphatic carboxylic acids is 2. The van der Waals surface area contributed by atoms with E-state index in [1.807, 2.05) is 86.6 Å². The maximum atomic E-state index is 13.4. The van der Waals surface area contributed by atoms with Crippen molar-refractivity contribution in [2.24, 2.45) is 11.8 Å². The molecule has 0 heterocycles. The van der Waals surface area contributed by atoms with E-state index >= 15 is 0 Å². The molecule has 0 fully saturated rings. The first-order valence-electron chi connectivity index (χ1n) is 13.4. The molecular formula is C32H38N2O6. The van der Waals surface area contributed by atoms with Crippen LogP contribution in [0.15, 0.2) is 78.9 Å². The Morgan fingerprint density at radius 1 is 0.875 bits per heavy atom. The van der Waals surface area contributed by atoms with Crippen LogP contribution in [0.25, 0.3) is 11.1 Å². The van der Waals surface area contributed by atoms with Crippen molar-refractivity contribution in [3.05, 3.63) is 90.0 Å². The molecule has 8 heteroatoms. The van der Waals surface area contributed by atoms with Gasteiger partial charge in [0, 0.05) is 19.5 Å². The molecule has 0 saturated heterocycles. The molecule has 0 aliphatic carbocycles. The Labute approximate surface area is 235 Å². The predicted molar refractivity (Wildman–Crippen MR) is 154 cm³/mol. The number of carboxylic acid groups (broad SMARTS) is 2. The average Bonchev–Trinajstić information content (AvgIpc) is 2.94. The molecule has 0 spiro atoms. The number of amides is 2. The zero-order valence-corrected chi connectivity index (χ0v) is 23.2. The number of methoxy groups -OCH3 is 1. The van der Waals surface area contributed by atoms with Gasteiger partial charge in [-0.15, -0.1) is 0 Å². The first-order chi connectivity index (χ1) is 19.2. The largest absolute Gasteiger partial charge is 0.497 e. The van der Waals surface area contributed by atoms with E-state index in [0.717, 1.165) is 16.7 Å². The summed E-state index contributed by atoms with van der Waals surface area (Å²) < 4.78 is 5.37. The summed E-state index contributed by atoms with van der Waals surface area (Å²) in [6.07, 6.45) is 0.938. The lowest BCUT2D eigenvalue weighted by molar-refractivity contribution is -0.142. The normalized spacial score (nSPS) is 12.4. The Morgan fingerprint density at radius 2 is 1.52 bits per heavy atom. The number of hydrogen-bond donors (Lipinski definition) is 3. The average molecular weight is 547 g/mol. The van der Waals surface area contributed by atoms with Crippen molar-refractivity contribution in [2.75, 3.05) is 20.2 Å². The van der Waals surface area contributed by atoms with E-state index in [1.165, 1.54) is 12.0 Å². The predicted octanol–water partition coefficient (Wildman–Crippen LogP) is 5.36. The minimum absolute atomic E-state index is 0.0209. The van der Waals surface area contributed by atoms with Crippen molar-refractivity contribution in [3.63, 3.8) is 0 Å². The Morgan fingerprint density at radius 3 is 2.10 bits per heavy atom. The summed E-state index contributed by atoms with van der Waals surface area (Å²) in [6.45, 7) is 4.13. The summed E-state index contributed by atoms with van der Waals surface area (Å²) in [5.41, 5.74) is 3.49. The van der Waals surface area contributed by atoms with Gasteiger partial charge in [0.05, 0.1) is 13.0 Å². The van der Waals surface area contributed by atoms with Crippen molar-refractivity contribution >= 4 is 18.0 Å². The Hall–Kier alpha value is -4.33. The molecule has 8 nitrogen and oxygen atoms in total. The Balaban J connectivity index is 1.80. The lowest BCUT2D eigenvalue weighted by Crippen LogP contribution is -2.51. The van der Waals surface area contributed by atoms with Crippen molar-refractivity contribution in [1.82, 2.24) is 10.2 Å². The molecule has 40 heavy (non-hydrogen) atoms. The standard InChI is InChI=1S/C32H38N2O6/c1-22(2)20-34(21-25(30(35)36)15-14-23-10-6-4-7-11-23)32(39)33-29(31(37)38)19-26-18-27(40-3)16-17-28(26)24-12-8-5-9-13-24/h4-13,16-18,22,25,29H,14-15,19-21H2,1-3H3,(H,33,39)(H,35,36)(H,37,38)/t25-,29-/m0/s1. The monoisotopic (exact) mass is 546 g/mol. The van der Waals surface area contributed by atoms with Gasteiger partial charge in [-0.3, -0.25) is 4.79 Å². The van der Waals surface area contributed by atoms with Crippen LogP contribution in [-0.2, 0) is 22.4 Å². The van der Waals surface area contributed by atoms with Crippen LogP contribution in [-0.4, -0.2) is 59.3 Å². The smallest absolute Gasteiger partial charge is 0.326 e. The van der Waals surface area contributed by atoms with Crippen molar-refractivity contribution in [3.8, 4) is 16.9 Å². The highest BCUT2D eigenvalue weighted by atomic mass is 16.5. The fourth-order valence-electron chi connectivity index (χ4n) is 4.65. The number of hydrogen-bond acceptors (Lipinski definition) is 4. The van der Waals surface area contributed by atoms with Crippen LogP contribution in [0.1, 0.15) is 31.4 Å². The lowest BCUT2D eigenvalue weighted by Gasteiger charge is -2.29. The summed E-state index contributed by atoms with van der Waals surface area (Å²) in [5, 5.41) is 22.6. The molecule has 2 atom stereocenters. The third-order valence-electron chi connectivity index (χ3n) is 6.70. The third kappa shape index (κ3) is 8.86. The summed E-state index contributed by atoms with van der Waals surface area (Å²) in [6, 6.07) is 22.8. The second-order valence-electron chi connectivity index (χ2n) is 10.3. The number of urea groups is 1. The van der Waals surface area contributed by atoms with Gasteiger partial charge in [-0.1, -0.05) is 80.6 Å². The number of rotatable bonds is 14. The van der Waals surface area contributed by atoms with E-state index in [0.29, 0.717) is 30.7 Å². The molecule has 0 saturated carbocycles. The fourth-order valence-corrected chi connectivity index (χ4v) is 4.65. The second kappa shape index (κ2) is 14.7. The lowest BCUT2D eigenvalue weighted by atomic mass is 9.94. The molecule has 3 rings (SSSR count). The number of carbonyl (C=O) groups is 3. The highest BCUT2D eigenvalue weighted by molar-refractivity contribution is 5.84.